The summed E-state index contributed by atoms with van der Waals surface area (Å²) in [6.45, 7) is 0.682. The number of hydrogen-bond acceptors (Lipinski definition) is 6. The molecule has 0 radical (unpaired) electrons. The van der Waals surface area contributed by atoms with Crippen molar-refractivity contribution in [2.45, 2.75) is 25.0 Å². The fourth-order valence-electron chi connectivity index (χ4n) is 4.35. The third kappa shape index (κ3) is 4.04. The third-order valence-corrected chi connectivity index (χ3v) is 6.51. The maximum Gasteiger partial charge on any atom is 0.265 e. The summed E-state index contributed by atoms with van der Waals surface area (Å²) in [5.74, 6) is 0.214. The molecule has 1 amide bonds. The number of aromatic amines is 1. The Bertz CT molecular complexity index is 1420. The van der Waals surface area contributed by atoms with E-state index in [1.54, 1.807) is 23.1 Å². The molecule has 174 valence electrons. The molecule has 5 rings (SSSR count). The molecular formula is C24H23ClN6O3. The zero-order valence-electron chi connectivity index (χ0n) is 18.2. The largest absolute Gasteiger partial charge is 0.398 e. The molecule has 2 aromatic heterocycles. The van der Waals surface area contributed by atoms with Crippen LogP contribution in [0.3, 0.4) is 0 Å². The fraction of sp³-hybridized carbons (Fsp3) is 0.250. The van der Waals surface area contributed by atoms with E-state index in [1.165, 1.54) is 10.8 Å². The number of benzene rings is 2. The van der Waals surface area contributed by atoms with Crippen molar-refractivity contribution in [3.8, 4) is 11.4 Å². The Kier molecular flexibility index (Phi) is 5.59. The van der Waals surface area contributed by atoms with Crippen LogP contribution >= 0.6 is 11.6 Å². The Morgan fingerprint density at radius 2 is 1.91 bits per heavy atom. The third-order valence-electron chi connectivity index (χ3n) is 6.28. The zero-order valence-corrected chi connectivity index (χ0v) is 19.0. The molecular weight excluding hydrogens is 456 g/mol. The molecule has 10 heteroatoms. The van der Waals surface area contributed by atoms with Crippen molar-refractivity contribution in [3.05, 3.63) is 75.7 Å². The molecule has 0 unspecified atom stereocenters. The van der Waals surface area contributed by atoms with Crippen LogP contribution in [-0.2, 0) is 6.54 Å². The lowest BCUT2D eigenvalue weighted by Crippen LogP contribution is -2.50. The van der Waals surface area contributed by atoms with Gasteiger partial charge in [0.1, 0.15) is 11.2 Å². The second-order valence-electron chi connectivity index (χ2n) is 8.57. The van der Waals surface area contributed by atoms with Crippen molar-refractivity contribution in [1.82, 2.24) is 24.6 Å². The molecule has 4 aromatic rings. The lowest BCUT2D eigenvalue weighted by molar-refractivity contribution is -0.0295. The second-order valence-corrected chi connectivity index (χ2v) is 9.01. The van der Waals surface area contributed by atoms with Crippen LogP contribution in [-0.4, -0.2) is 54.4 Å². The smallest absolute Gasteiger partial charge is 0.265 e. The van der Waals surface area contributed by atoms with Crippen molar-refractivity contribution < 1.29 is 9.90 Å². The predicted octanol–water partition coefficient (Wildman–Crippen LogP) is 2.69. The van der Waals surface area contributed by atoms with Crippen LogP contribution in [0.4, 0.5) is 5.69 Å². The number of nitrogens with zero attached hydrogens (tertiary/aromatic N) is 4. The Labute approximate surface area is 199 Å². The highest BCUT2D eigenvalue weighted by molar-refractivity contribution is 6.31. The molecule has 2 aromatic carbocycles. The van der Waals surface area contributed by atoms with Gasteiger partial charge in [-0.05, 0) is 31.0 Å². The van der Waals surface area contributed by atoms with Gasteiger partial charge in [0.15, 0.2) is 5.65 Å². The monoisotopic (exact) mass is 478 g/mol. The summed E-state index contributed by atoms with van der Waals surface area (Å²) >= 11 is 6.04. The van der Waals surface area contributed by atoms with Gasteiger partial charge in [0.05, 0.1) is 23.9 Å². The number of amides is 1. The number of halogens is 1. The van der Waals surface area contributed by atoms with Crippen LogP contribution in [0.15, 0.2) is 59.5 Å². The minimum absolute atomic E-state index is 0.0471. The highest BCUT2D eigenvalue weighted by Crippen LogP contribution is 2.28. The molecule has 1 aliphatic heterocycles. The SMILES string of the molecule is Nc1ccc(Cl)cc1C(=O)N1CCC(O)(Cn2c(-c3ccccc3)nc3[nH]ncc3c2=O)CC1. The number of anilines is 1. The van der Waals surface area contributed by atoms with Crippen LogP contribution < -0.4 is 11.3 Å². The number of nitrogens with two attached hydrogens (primary N) is 1. The van der Waals surface area contributed by atoms with Crippen molar-refractivity contribution in [1.29, 1.82) is 0 Å². The van der Waals surface area contributed by atoms with Crippen molar-refractivity contribution >= 4 is 34.2 Å². The van der Waals surface area contributed by atoms with Gasteiger partial charge in [-0.25, -0.2) is 4.98 Å². The maximum atomic E-state index is 13.3. The number of aromatic nitrogens is 4. The van der Waals surface area contributed by atoms with E-state index in [1.807, 2.05) is 30.3 Å². The van der Waals surface area contributed by atoms with E-state index in [-0.39, 0.29) is 18.0 Å². The summed E-state index contributed by atoms with van der Waals surface area (Å²) in [4.78, 5) is 32.5. The number of carbonyl (C=O) groups excluding carboxylic acids is 1. The molecule has 9 nitrogen and oxygen atoms in total. The van der Waals surface area contributed by atoms with E-state index in [2.05, 4.69) is 15.2 Å². The number of nitrogens with one attached hydrogen (secondary N) is 1. The molecule has 34 heavy (non-hydrogen) atoms. The molecule has 0 saturated carbocycles. The number of fused-ring (bicyclic) bond motifs is 1. The van der Waals surface area contributed by atoms with Gasteiger partial charge < -0.3 is 15.7 Å². The Balaban J connectivity index is 1.42. The van der Waals surface area contributed by atoms with Crippen molar-refractivity contribution in [3.63, 3.8) is 0 Å². The summed E-state index contributed by atoms with van der Waals surface area (Å²) in [7, 11) is 0. The van der Waals surface area contributed by atoms with Gasteiger partial charge in [0.2, 0.25) is 0 Å². The highest BCUT2D eigenvalue weighted by Gasteiger charge is 2.36. The predicted molar refractivity (Wildman–Crippen MR) is 130 cm³/mol. The van der Waals surface area contributed by atoms with Crippen LogP contribution in [0, 0.1) is 0 Å². The zero-order chi connectivity index (χ0) is 23.9. The molecule has 0 bridgehead atoms. The quantitative estimate of drug-likeness (QED) is 0.386. The summed E-state index contributed by atoms with van der Waals surface area (Å²) in [6.07, 6.45) is 2.03. The Hall–Kier alpha value is -3.69. The Morgan fingerprint density at radius 1 is 1.18 bits per heavy atom. The normalized spacial score (nSPS) is 15.5. The molecule has 1 aliphatic rings. The average Bonchev–Trinajstić information content (AvgIpc) is 3.32. The fourth-order valence-corrected chi connectivity index (χ4v) is 4.52. The first kappa shape index (κ1) is 22.1. The van der Waals surface area contributed by atoms with Crippen LogP contribution in [0.2, 0.25) is 5.02 Å². The topological polar surface area (TPSA) is 130 Å². The summed E-state index contributed by atoms with van der Waals surface area (Å²) in [6, 6.07) is 14.1. The molecule has 1 fully saturated rings. The number of H-pyrrole nitrogens is 1. The van der Waals surface area contributed by atoms with Gasteiger partial charge in [-0.3, -0.25) is 19.3 Å². The Morgan fingerprint density at radius 3 is 2.65 bits per heavy atom. The number of rotatable bonds is 4. The first-order chi connectivity index (χ1) is 16.3. The standard InChI is InChI=1S/C24H23ClN6O3/c25-16-6-7-19(26)17(12-16)22(32)30-10-8-24(34,9-11-30)14-31-21(15-4-2-1-3-5-15)28-20-18(23(31)33)13-27-29-20/h1-7,12-13,34H,8-11,14,26H2,(H,27,29). The van der Waals surface area contributed by atoms with Gasteiger partial charge >= 0.3 is 0 Å². The van der Waals surface area contributed by atoms with E-state index >= 15 is 0 Å². The first-order valence-electron chi connectivity index (χ1n) is 10.9. The summed E-state index contributed by atoms with van der Waals surface area (Å²) in [5, 5.41) is 18.9. The molecule has 3 heterocycles. The van der Waals surface area contributed by atoms with Crippen LogP contribution in [0.1, 0.15) is 23.2 Å². The molecule has 0 spiro atoms. The van der Waals surface area contributed by atoms with E-state index in [9.17, 15) is 14.7 Å². The number of carbonyl (C=O) groups is 1. The van der Waals surface area contributed by atoms with E-state index in [0.717, 1.165) is 5.56 Å². The van der Waals surface area contributed by atoms with Gasteiger partial charge in [-0.15, -0.1) is 0 Å². The van der Waals surface area contributed by atoms with Gasteiger partial charge in [-0.1, -0.05) is 41.9 Å². The summed E-state index contributed by atoms with van der Waals surface area (Å²) < 4.78 is 1.50. The molecule has 1 saturated heterocycles. The van der Waals surface area contributed by atoms with Gasteiger partial charge in [0.25, 0.3) is 11.5 Å². The number of aliphatic hydroxyl groups is 1. The summed E-state index contributed by atoms with van der Waals surface area (Å²) in [5.41, 5.74) is 6.34. The van der Waals surface area contributed by atoms with Crippen molar-refractivity contribution in [2.75, 3.05) is 18.8 Å². The lowest BCUT2D eigenvalue weighted by Gasteiger charge is -2.38. The van der Waals surface area contributed by atoms with Gasteiger partial charge in [-0.2, -0.15) is 5.10 Å². The molecule has 4 N–H and O–H groups in total. The number of likely N-dealkylation sites (tertiary alicyclic amines) is 1. The average molecular weight is 479 g/mol. The van der Waals surface area contributed by atoms with Crippen molar-refractivity contribution in [2.24, 2.45) is 0 Å². The maximum absolute atomic E-state index is 13.3. The van der Waals surface area contributed by atoms with Crippen LogP contribution in [0.25, 0.3) is 22.4 Å². The van der Waals surface area contributed by atoms with Gasteiger partial charge in [0, 0.05) is 29.4 Å². The number of hydrogen-bond donors (Lipinski definition) is 3. The van der Waals surface area contributed by atoms with E-state index in [4.69, 9.17) is 17.3 Å². The van der Waals surface area contributed by atoms with Crippen LogP contribution in [0.5, 0.6) is 0 Å². The molecule has 0 atom stereocenters. The lowest BCUT2D eigenvalue weighted by atomic mass is 9.90. The number of nitrogen functional groups attached to an aromatic ring is 1. The minimum Gasteiger partial charge on any atom is -0.398 e. The first-order valence-corrected chi connectivity index (χ1v) is 11.3. The second kappa shape index (κ2) is 8.58. The highest BCUT2D eigenvalue weighted by atomic mass is 35.5. The molecule has 0 aliphatic carbocycles. The van der Waals surface area contributed by atoms with E-state index < -0.39 is 5.60 Å². The number of piperidine rings is 1. The van der Waals surface area contributed by atoms with E-state index in [0.29, 0.717) is 59.1 Å². The minimum atomic E-state index is -1.19.